The molecule has 0 aromatic carbocycles. The minimum absolute atomic E-state index is 0.148. The molecule has 0 amide bonds. The molecule has 4 nitrogen and oxygen atoms in total. The van der Waals surface area contributed by atoms with Crippen LogP contribution in [-0.2, 0) is 12.8 Å². The van der Waals surface area contributed by atoms with Crippen molar-refractivity contribution in [1.29, 1.82) is 0 Å². The Morgan fingerprint density at radius 3 is 2.00 bits per heavy atom. The predicted octanol–water partition coefficient (Wildman–Crippen LogP) is 2.99. The number of rotatable bonds is 7. The number of hydrogen-bond donors (Lipinski definition) is 1. The van der Waals surface area contributed by atoms with Crippen molar-refractivity contribution in [2.75, 3.05) is 6.54 Å². The molecule has 1 atom stereocenters. The lowest BCUT2D eigenvalue weighted by atomic mass is 10.1. The number of hydrogen-bond acceptors (Lipinski definition) is 4. The fraction of sp³-hybridized carbons (Fsp3) is 0.211. The third-order valence-corrected chi connectivity index (χ3v) is 3.68. The molecule has 3 aromatic heterocycles. The van der Waals surface area contributed by atoms with Crippen molar-refractivity contribution in [2.45, 2.75) is 18.9 Å². The topological polar surface area (TPSA) is 50.7 Å². The number of nitrogens with zero attached hydrogens (tertiary/aromatic N) is 3. The highest BCUT2D eigenvalue weighted by Crippen LogP contribution is 2.15. The fourth-order valence-electron chi connectivity index (χ4n) is 2.51. The summed E-state index contributed by atoms with van der Waals surface area (Å²) in [5, 5.41) is 3.59. The SMILES string of the molecule is c1ccc(CCNC(Cc2ccccn2)c2ccccn2)nc1. The monoisotopic (exact) mass is 304 g/mol. The Labute approximate surface area is 136 Å². The van der Waals surface area contributed by atoms with Crippen molar-refractivity contribution >= 4 is 0 Å². The summed E-state index contributed by atoms with van der Waals surface area (Å²) >= 11 is 0. The van der Waals surface area contributed by atoms with Gasteiger partial charge >= 0.3 is 0 Å². The zero-order valence-corrected chi connectivity index (χ0v) is 13.0. The molecule has 0 saturated heterocycles. The van der Waals surface area contributed by atoms with Crippen LogP contribution in [0, 0.1) is 0 Å². The van der Waals surface area contributed by atoms with E-state index in [-0.39, 0.29) is 6.04 Å². The van der Waals surface area contributed by atoms with Crippen LogP contribution >= 0.6 is 0 Å². The molecule has 3 heterocycles. The Balaban J connectivity index is 1.65. The van der Waals surface area contributed by atoms with Gasteiger partial charge in [-0.15, -0.1) is 0 Å². The van der Waals surface area contributed by atoms with Gasteiger partial charge in [0.2, 0.25) is 0 Å². The normalized spacial score (nSPS) is 12.0. The summed E-state index contributed by atoms with van der Waals surface area (Å²) in [6, 6.07) is 18.2. The second-order valence-electron chi connectivity index (χ2n) is 5.36. The van der Waals surface area contributed by atoms with Crippen molar-refractivity contribution in [3.05, 3.63) is 90.3 Å². The molecule has 0 aliphatic heterocycles. The Morgan fingerprint density at radius 2 is 1.39 bits per heavy atom. The van der Waals surface area contributed by atoms with Crippen LogP contribution in [0.1, 0.15) is 23.1 Å². The van der Waals surface area contributed by atoms with E-state index in [2.05, 4.69) is 38.5 Å². The van der Waals surface area contributed by atoms with Gasteiger partial charge in [-0.3, -0.25) is 15.0 Å². The highest BCUT2D eigenvalue weighted by atomic mass is 14.9. The number of pyridine rings is 3. The summed E-state index contributed by atoms with van der Waals surface area (Å²) in [5.41, 5.74) is 3.20. The standard InChI is InChI=1S/C19H20N4/c1-4-11-20-16(7-1)10-14-23-19(18-9-3-6-13-22-18)15-17-8-2-5-12-21-17/h1-9,11-13,19,23H,10,14-15H2. The van der Waals surface area contributed by atoms with Crippen LogP contribution in [0.15, 0.2) is 73.2 Å². The van der Waals surface area contributed by atoms with Gasteiger partial charge in [-0.2, -0.15) is 0 Å². The Kier molecular flexibility index (Phi) is 5.43. The summed E-state index contributed by atoms with van der Waals surface area (Å²) in [6.07, 6.45) is 7.21. The first-order valence-corrected chi connectivity index (χ1v) is 7.86. The summed E-state index contributed by atoms with van der Waals surface area (Å²) in [4.78, 5) is 13.3. The van der Waals surface area contributed by atoms with Gasteiger partial charge in [0.25, 0.3) is 0 Å². The molecule has 1 N–H and O–H groups in total. The molecule has 116 valence electrons. The maximum absolute atomic E-state index is 4.49. The van der Waals surface area contributed by atoms with E-state index in [1.165, 1.54) is 0 Å². The van der Waals surface area contributed by atoms with E-state index in [4.69, 9.17) is 0 Å². The van der Waals surface area contributed by atoms with E-state index in [0.717, 1.165) is 36.5 Å². The molecule has 0 aliphatic carbocycles. The maximum Gasteiger partial charge on any atom is 0.0577 e. The van der Waals surface area contributed by atoms with Gasteiger partial charge in [-0.25, -0.2) is 0 Å². The number of aromatic nitrogens is 3. The van der Waals surface area contributed by atoms with Gasteiger partial charge in [0, 0.05) is 49.4 Å². The molecule has 0 saturated carbocycles. The lowest BCUT2D eigenvalue weighted by Gasteiger charge is -2.18. The van der Waals surface area contributed by atoms with E-state index in [9.17, 15) is 0 Å². The highest BCUT2D eigenvalue weighted by molar-refractivity contribution is 5.14. The lowest BCUT2D eigenvalue weighted by molar-refractivity contribution is 0.515. The quantitative estimate of drug-likeness (QED) is 0.729. The second-order valence-corrected chi connectivity index (χ2v) is 5.36. The van der Waals surface area contributed by atoms with E-state index in [0.29, 0.717) is 0 Å². The van der Waals surface area contributed by atoms with E-state index >= 15 is 0 Å². The molecule has 0 spiro atoms. The molecule has 23 heavy (non-hydrogen) atoms. The minimum atomic E-state index is 0.148. The van der Waals surface area contributed by atoms with Gasteiger partial charge in [-0.1, -0.05) is 18.2 Å². The smallest absolute Gasteiger partial charge is 0.0577 e. The molecular formula is C19H20N4. The van der Waals surface area contributed by atoms with Crippen molar-refractivity contribution in [3.63, 3.8) is 0 Å². The summed E-state index contributed by atoms with van der Waals surface area (Å²) in [5.74, 6) is 0. The molecule has 0 fully saturated rings. The van der Waals surface area contributed by atoms with Crippen molar-refractivity contribution in [3.8, 4) is 0 Å². The first-order valence-electron chi connectivity index (χ1n) is 7.86. The van der Waals surface area contributed by atoms with E-state index < -0.39 is 0 Å². The van der Waals surface area contributed by atoms with Crippen molar-refractivity contribution < 1.29 is 0 Å². The minimum Gasteiger partial charge on any atom is -0.308 e. The molecule has 3 aromatic rings. The van der Waals surface area contributed by atoms with E-state index in [1.54, 1.807) is 0 Å². The van der Waals surface area contributed by atoms with E-state index in [1.807, 2.05) is 55.0 Å². The molecule has 0 aliphatic rings. The first-order chi connectivity index (χ1) is 11.4. The van der Waals surface area contributed by atoms with Crippen LogP contribution in [0.3, 0.4) is 0 Å². The third-order valence-electron chi connectivity index (χ3n) is 3.68. The first kappa shape index (κ1) is 15.3. The van der Waals surface area contributed by atoms with Crippen molar-refractivity contribution in [1.82, 2.24) is 20.3 Å². The Morgan fingerprint density at radius 1 is 0.739 bits per heavy atom. The summed E-state index contributed by atoms with van der Waals surface area (Å²) in [6.45, 7) is 0.852. The maximum atomic E-state index is 4.49. The van der Waals surface area contributed by atoms with Crippen LogP contribution in [0.2, 0.25) is 0 Å². The average molecular weight is 304 g/mol. The van der Waals surface area contributed by atoms with Gasteiger partial charge in [0.15, 0.2) is 0 Å². The summed E-state index contributed by atoms with van der Waals surface area (Å²) < 4.78 is 0. The van der Waals surface area contributed by atoms with Crippen molar-refractivity contribution in [2.24, 2.45) is 0 Å². The van der Waals surface area contributed by atoms with Gasteiger partial charge in [0.05, 0.1) is 11.7 Å². The highest BCUT2D eigenvalue weighted by Gasteiger charge is 2.13. The van der Waals surface area contributed by atoms with Crippen LogP contribution in [0.4, 0.5) is 0 Å². The van der Waals surface area contributed by atoms with Crippen LogP contribution in [-0.4, -0.2) is 21.5 Å². The predicted molar refractivity (Wildman–Crippen MR) is 90.9 cm³/mol. The fourth-order valence-corrected chi connectivity index (χ4v) is 2.51. The Bertz CT molecular complexity index is 686. The van der Waals surface area contributed by atoms with Gasteiger partial charge < -0.3 is 5.32 Å². The molecule has 3 rings (SSSR count). The lowest BCUT2D eigenvalue weighted by Crippen LogP contribution is -2.26. The zero-order valence-electron chi connectivity index (χ0n) is 13.0. The molecule has 0 radical (unpaired) electrons. The van der Waals surface area contributed by atoms with Crippen LogP contribution in [0.5, 0.6) is 0 Å². The van der Waals surface area contributed by atoms with Gasteiger partial charge in [-0.05, 0) is 36.4 Å². The molecule has 1 unspecified atom stereocenters. The van der Waals surface area contributed by atoms with Gasteiger partial charge in [0.1, 0.15) is 0 Å². The summed E-state index contributed by atoms with van der Waals surface area (Å²) in [7, 11) is 0. The average Bonchev–Trinajstić information content (AvgIpc) is 2.63. The molecular weight excluding hydrogens is 284 g/mol. The zero-order chi connectivity index (χ0) is 15.7. The second kappa shape index (κ2) is 8.15. The molecule has 4 heteroatoms. The molecule has 0 bridgehead atoms. The Hall–Kier alpha value is -2.59. The van der Waals surface area contributed by atoms with Crippen LogP contribution < -0.4 is 5.32 Å². The third kappa shape index (κ3) is 4.69. The number of nitrogens with one attached hydrogen (secondary N) is 1. The largest absolute Gasteiger partial charge is 0.308 e. The van der Waals surface area contributed by atoms with Crippen LogP contribution in [0.25, 0.3) is 0 Å².